The van der Waals surface area contributed by atoms with Gasteiger partial charge in [-0.3, -0.25) is 0 Å². The summed E-state index contributed by atoms with van der Waals surface area (Å²) in [5.41, 5.74) is 0.355. The summed E-state index contributed by atoms with van der Waals surface area (Å²) in [5, 5.41) is 0. The highest BCUT2D eigenvalue weighted by Crippen LogP contribution is 2.68. The van der Waals surface area contributed by atoms with E-state index in [1.54, 1.807) is 0 Å². The predicted molar refractivity (Wildman–Crippen MR) is 95.8 cm³/mol. The van der Waals surface area contributed by atoms with E-state index in [4.69, 9.17) is 0 Å². The minimum Gasteiger partial charge on any atom is -0.303 e. The van der Waals surface area contributed by atoms with Crippen molar-refractivity contribution in [2.75, 3.05) is 0 Å². The Balaban J connectivity index is 1.67. The summed E-state index contributed by atoms with van der Waals surface area (Å²) in [4.78, 5) is 34.9. The lowest BCUT2D eigenvalue weighted by atomic mass is 9.42. The second kappa shape index (κ2) is 6.03. The van der Waals surface area contributed by atoms with Crippen molar-refractivity contribution >= 4 is 18.9 Å². The maximum Gasteiger partial charge on any atom is 0.123 e. The van der Waals surface area contributed by atoms with Crippen molar-refractivity contribution in [1.82, 2.24) is 0 Å². The van der Waals surface area contributed by atoms with Crippen LogP contribution in [0.5, 0.6) is 0 Å². The highest BCUT2D eigenvalue weighted by Gasteiger charge is 2.62. The molecule has 0 spiro atoms. The van der Waals surface area contributed by atoms with Gasteiger partial charge >= 0.3 is 0 Å². The van der Waals surface area contributed by atoms with E-state index in [1.165, 1.54) is 19.0 Å². The second-order valence-corrected chi connectivity index (χ2v) is 10.1. The number of carbonyl (C=O) groups excluding carboxylic acids is 3. The maximum absolute atomic E-state index is 12.0. The lowest BCUT2D eigenvalue weighted by Gasteiger charge is -2.62. The molecule has 3 nitrogen and oxygen atoms in total. The number of carbonyl (C=O) groups is 3. The molecule has 0 aromatic heterocycles. The van der Waals surface area contributed by atoms with Crippen molar-refractivity contribution in [3.8, 4) is 0 Å². The summed E-state index contributed by atoms with van der Waals surface area (Å²) in [7, 11) is 0. The van der Waals surface area contributed by atoms with Crippen LogP contribution in [0.2, 0.25) is 0 Å². The Kier molecular flexibility index (Phi) is 4.20. The first kappa shape index (κ1) is 17.4. The van der Waals surface area contributed by atoms with Crippen LogP contribution in [0.25, 0.3) is 0 Å². The SMILES string of the molecule is C[C@]12CCC(C=O)C[C@@H]1C(C=O)C[C@@H]1[C@@H]2CC[C@]2(C)C(C=O)CC[C@@H]12. The molecule has 0 aromatic carbocycles. The molecule has 4 aliphatic rings. The summed E-state index contributed by atoms with van der Waals surface area (Å²) >= 11 is 0. The van der Waals surface area contributed by atoms with E-state index >= 15 is 0 Å². The van der Waals surface area contributed by atoms with Crippen LogP contribution in [0.15, 0.2) is 0 Å². The van der Waals surface area contributed by atoms with Gasteiger partial charge in [-0.1, -0.05) is 13.8 Å². The van der Waals surface area contributed by atoms with Gasteiger partial charge in [0.15, 0.2) is 0 Å². The molecular weight excluding hydrogens is 312 g/mol. The smallest absolute Gasteiger partial charge is 0.123 e. The summed E-state index contributed by atoms with van der Waals surface area (Å²) in [5.74, 6) is 2.71. The van der Waals surface area contributed by atoms with Crippen LogP contribution in [0.4, 0.5) is 0 Å². The van der Waals surface area contributed by atoms with E-state index in [9.17, 15) is 14.4 Å². The minimum absolute atomic E-state index is 0.103. The zero-order valence-corrected chi connectivity index (χ0v) is 15.7. The third-order valence-electron chi connectivity index (χ3n) is 9.41. The van der Waals surface area contributed by atoms with Crippen molar-refractivity contribution in [2.24, 2.45) is 52.3 Å². The molecule has 0 amide bonds. The molecule has 9 atom stereocenters. The predicted octanol–water partition coefficient (Wildman–Crippen LogP) is 4.08. The Morgan fingerprint density at radius 1 is 0.720 bits per heavy atom. The first-order valence-corrected chi connectivity index (χ1v) is 10.3. The Labute approximate surface area is 151 Å². The lowest BCUT2D eigenvalue weighted by Crippen LogP contribution is -2.56. The fourth-order valence-corrected chi connectivity index (χ4v) is 7.97. The molecule has 3 unspecified atom stereocenters. The Bertz CT molecular complexity index is 572. The third kappa shape index (κ3) is 2.33. The molecule has 4 saturated carbocycles. The van der Waals surface area contributed by atoms with Crippen molar-refractivity contribution < 1.29 is 14.4 Å². The van der Waals surface area contributed by atoms with Crippen LogP contribution < -0.4 is 0 Å². The Hall–Kier alpha value is -0.990. The summed E-state index contributed by atoms with van der Waals surface area (Å²) in [6.07, 6.45) is 12.1. The van der Waals surface area contributed by atoms with E-state index in [0.717, 1.165) is 51.2 Å². The standard InChI is InChI=1S/C22H32O3/c1-21-8-6-19-17(18(21)4-3-16(21)13-25)10-15(12-24)20-9-14(11-23)5-7-22(19,20)2/h11-20H,3-10H2,1-2H3/t14?,15?,16?,17-,18-,19-,20+,21+,22+/m0/s1. The van der Waals surface area contributed by atoms with Gasteiger partial charge in [-0.2, -0.15) is 0 Å². The van der Waals surface area contributed by atoms with Gasteiger partial charge in [0.2, 0.25) is 0 Å². The van der Waals surface area contributed by atoms with Gasteiger partial charge in [0.1, 0.15) is 18.9 Å². The van der Waals surface area contributed by atoms with E-state index in [-0.39, 0.29) is 28.6 Å². The number of rotatable bonds is 3. The normalized spacial score (nSPS) is 54.7. The number of aldehydes is 3. The lowest BCUT2D eigenvalue weighted by molar-refractivity contribution is -0.153. The summed E-state index contributed by atoms with van der Waals surface area (Å²) in [6.45, 7) is 4.76. The number of hydrogen-bond acceptors (Lipinski definition) is 3. The van der Waals surface area contributed by atoms with Gasteiger partial charge in [0, 0.05) is 17.8 Å². The molecule has 3 heteroatoms. The average molecular weight is 344 g/mol. The highest BCUT2D eigenvalue weighted by atomic mass is 16.1. The van der Waals surface area contributed by atoms with Crippen molar-refractivity contribution in [3.05, 3.63) is 0 Å². The van der Waals surface area contributed by atoms with Gasteiger partial charge < -0.3 is 14.4 Å². The van der Waals surface area contributed by atoms with Gasteiger partial charge in [-0.15, -0.1) is 0 Å². The molecule has 0 heterocycles. The molecule has 0 bridgehead atoms. The average Bonchev–Trinajstić information content (AvgIpc) is 2.96. The second-order valence-electron chi connectivity index (χ2n) is 10.1. The van der Waals surface area contributed by atoms with Crippen molar-refractivity contribution in [3.63, 3.8) is 0 Å². The highest BCUT2D eigenvalue weighted by molar-refractivity contribution is 5.58. The molecule has 0 radical (unpaired) electrons. The maximum atomic E-state index is 12.0. The van der Waals surface area contributed by atoms with Crippen LogP contribution in [0.3, 0.4) is 0 Å². The van der Waals surface area contributed by atoms with Crippen LogP contribution in [0, 0.1) is 52.3 Å². The Morgan fingerprint density at radius 3 is 2.12 bits per heavy atom. The molecule has 0 saturated heterocycles. The van der Waals surface area contributed by atoms with E-state index in [1.807, 2.05) is 0 Å². The summed E-state index contributed by atoms with van der Waals surface area (Å²) in [6, 6.07) is 0. The Morgan fingerprint density at radius 2 is 1.44 bits per heavy atom. The largest absolute Gasteiger partial charge is 0.303 e. The molecule has 4 fully saturated rings. The zero-order valence-electron chi connectivity index (χ0n) is 15.7. The molecule has 0 N–H and O–H groups in total. The number of fused-ring (bicyclic) bond motifs is 5. The minimum atomic E-state index is 0.103. The fraction of sp³-hybridized carbons (Fsp3) is 0.864. The van der Waals surface area contributed by atoms with Crippen LogP contribution in [-0.4, -0.2) is 18.9 Å². The van der Waals surface area contributed by atoms with Gasteiger partial charge in [-0.05, 0) is 85.9 Å². The molecule has 4 aliphatic carbocycles. The molecule has 0 aliphatic heterocycles. The van der Waals surface area contributed by atoms with Crippen molar-refractivity contribution in [1.29, 1.82) is 0 Å². The van der Waals surface area contributed by atoms with E-state index < -0.39 is 0 Å². The first-order valence-electron chi connectivity index (χ1n) is 10.3. The topological polar surface area (TPSA) is 51.2 Å². The van der Waals surface area contributed by atoms with Crippen LogP contribution in [0.1, 0.15) is 65.2 Å². The van der Waals surface area contributed by atoms with Crippen molar-refractivity contribution in [2.45, 2.75) is 65.2 Å². The molecule has 4 rings (SSSR count). The quantitative estimate of drug-likeness (QED) is 0.725. The van der Waals surface area contributed by atoms with Gasteiger partial charge in [0.05, 0.1) is 0 Å². The molecular formula is C22H32O3. The fourth-order valence-electron chi connectivity index (χ4n) is 7.97. The molecule has 0 aromatic rings. The first-order chi connectivity index (χ1) is 12.0. The van der Waals surface area contributed by atoms with Gasteiger partial charge in [0.25, 0.3) is 0 Å². The van der Waals surface area contributed by atoms with E-state index in [0.29, 0.717) is 23.7 Å². The summed E-state index contributed by atoms with van der Waals surface area (Å²) < 4.78 is 0. The van der Waals surface area contributed by atoms with Gasteiger partial charge in [-0.25, -0.2) is 0 Å². The van der Waals surface area contributed by atoms with Crippen LogP contribution >= 0.6 is 0 Å². The third-order valence-corrected chi connectivity index (χ3v) is 9.41. The molecule has 25 heavy (non-hydrogen) atoms. The molecule has 138 valence electrons. The zero-order chi connectivity index (χ0) is 17.8. The van der Waals surface area contributed by atoms with Crippen LogP contribution in [-0.2, 0) is 14.4 Å². The van der Waals surface area contributed by atoms with E-state index in [2.05, 4.69) is 13.8 Å². The number of hydrogen-bond donors (Lipinski definition) is 0. The monoisotopic (exact) mass is 344 g/mol.